The van der Waals surface area contributed by atoms with Crippen molar-refractivity contribution in [3.8, 4) is 5.75 Å². The van der Waals surface area contributed by atoms with E-state index in [0.717, 1.165) is 50.0 Å². The monoisotopic (exact) mass is 403 g/mol. The Balaban J connectivity index is 1.28. The molecule has 30 heavy (non-hydrogen) atoms. The number of aromatic nitrogens is 2. The minimum atomic E-state index is 0.256. The summed E-state index contributed by atoms with van der Waals surface area (Å²) in [7, 11) is 1.84. The molecule has 4 rings (SSSR count). The molecule has 0 atom stereocenters. The van der Waals surface area contributed by atoms with E-state index in [1.165, 1.54) is 5.56 Å². The Hall–Kier alpha value is -3.28. The summed E-state index contributed by atoms with van der Waals surface area (Å²) in [4.78, 5) is 11.3. The van der Waals surface area contributed by atoms with Crippen molar-refractivity contribution in [2.24, 2.45) is 4.99 Å². The number of aliphatic imine (C=N–C) groups is 1. The number of rotatable bonds is 6. The minimum absolute atomic E-state index is 0.256. The number of piperidine rings is 1. The van der Waals surface area contributed by atoms with Gasteiger partial charge in [0, 0.05) is 51.9 Å². The van der Waals surface area contributed by atoms with Gasteiger partial charge in [-0.2, -0.15) is 0 Å². The number of nitrogens with one attached hydrogen (secondary N) is 1. The molecule has 156 valence electrons. The first-order valence-corrected chi connectivity index (χ1v) is 10.5. The molecule has 1 N–H and O–H groups in total. The number of nitrogens with zero attached hydrogens (tertiary/aromatic N) is 4. The second kappa shape index (κ2) is 9.96. The highest BCUT2D eigenvalue weighted by Gasteiger charge is 2.22. The molecule has 0 spiro atoms. The quantitative estimate of drug-likeness (QED) is 0.505. The van der Waals surface area contributed by atoms with Crippen molar-refractivity contribution in [2.45, 2.75) is 32.0 Å². The summed E-state index contributed by atoms with van der Waals surface area (Å²) in [6, 6.07) is 20.5. The van der Waals surface area contributed by atoms with Gasteiger partial charge >= 0.3 is 0 Å². The van der Waals surface area contributed by atoms with Crippen molar-refractivity contribution in [3.63, 3.8) is 0 Å². The van der Waals surface area contributed by atoms with Crippen molar-refractivity contribution >= 4 is 5.96 Å². The Bertz CT molecular complexity index is 930. The topological polar surface area (TPSA) is 54.7 Å². The maximum Gasteiger partial charge on any atom is 0.194 e. The summed E-state index contributed by atoms with van der Waals surface area (Å²) in [6.45, 7) is 3.32. The van der Waals surface area contributed by atoms with E-state index in [-0.39, 0.29) is 6.10 Å². The molecule has 6 heteroatoms. The average Bonchev–Trinajstić information content (AvgIpc) is 3.23. The second-order valence-electron chi connectivity index (χ2n) is 7.48. The Morgan fingerprint density at radius 1 is 1.07 bits per heavy atom. The van der Waals surface area contributed by atoms with Crippen LogP contribution >= 0.6 is 0 Å². The Kier molecular flexibility index (Phi) is 6.65. The third-order valence-electron chi connectivity index (χ3n) is 5.40. The van der Waals surface area contributed by atoms with Gasteiger partial charge < -0.3 is 19.5 Å². The van der Waals surface area contributed by atoms with Crippen LogP contribution in [0.15, 0.2) is 78.0 Å². The van der Waals surface area contributed by atoms with Gasteiger partial charge in [-0.25, -0.2) is 4.98 Å². The van der Waals surface area contributed by atoms with Crippen LogP contribution in [0.5, 0.6) is 5.75 Å². The van der Waals surface area contributed by atoms with Gasteiger partial charge in [0.15, 0.2) is 5.96 Å². The highest BCUT2D eigenvalue weighted by Crippen LogP contribution is 2.18. The molecule has 1 aromatic heterocycles. The average molecular weight is 404 g/mol. The van der Waals surface area contributed by atoms with E-state index in [1.807, 2.05) is 55.8 Å². The first-order valence-electron chi connectivity index (χ1n) is 10.5. The number of ether oxygens (including phenoxy) is 1. The fraction of sp³-hybridized carbons (Fsp3) is 0.333. The van der Waals surface area contributed by atoms with Gasteiger partial charge in [-0.05, 0) is 17.7 Å². The lowest BCUT2D eigenvalue weighted by Crippen LogP contribution is -2.47. The van der Waals surface area contributed by atoms with Crippen LogP contribution in [-0.2, 0) is 13.1 Å². The maximum atomic E-state index is 6.11. The molecule has 1 fully saturated rings. The minimum Gasteiger partial charge on any atom is -0.490 e. The summed E-state index contributed by atoms with van der Waals surface area (Å²) >= 11 is 0. The molecule has 0 aliphatic carbocycles. The fourth-order valence-electron chi connectivity index (χ4n) is 3.80. The number of hydrogen-bond acceptors (Lipinski definition) is 3. The van der Waals surface area contributed by atoms with Gasteiger partial charge in [0.2, 0.25) is 0 Å². The van der Waals surface area contributed by atoms with Crippen LogP contribution in [0.3, 0.4) is 0 Å². The second-order valence-corrected chi connectivity index (χ2v) is 7.48. The smallest absolute Gasteiger partial charge is 0.194 e. The SMILES string of the molecule is CN=C(NCc1nccn1Cc1ccccc1)N1CCC(Oc2ccccc2)CC1. The highest BCUT2D eigenvalue weighted by molar-refractivity contribution is 5.79. The van der Waals surface area contributed by atoms with E-state index >= 15 is 0 Å². The molecule has 1 aliphatic heterocycles. The number of benzene rings is 2. The molecule has 0 saturated carbocycles. The summed E-state index contributed by atoms with van der Waals surface area (Å²) in [5.74, 6) is 2.87. The molecule has 1 saturated heterocycles. The molecule has 0 bridgehead atoms. The highest BCUT2D eigenvalue weighted by atomic mass is 16.5. The summed E-state index contributed by atoms with van der Waals surface area (Å²) in [5, 5.41) is 3.48. The molecule has 1 aliphatic rings. The van der Waals surface area contributed by atoms with Gasteiger partial charge in [0.05, 0.1) is 6.54 Å². The van der Waals surface area contributed by atoms with Crippen LogP contribution in [-0.4, -0.2) is 46.7 Å². The summed E-state index contributed by atoms with van der Waals surface area (Å²) in [5.41, 5.74) is 1.27. The van der Waals surface area contributed by atoms with E-state index in [1.54, 1.807) is 0 Å². The zero-order valence-corrected chi connectivity index (χ0v) is 17.4. The molecule has 2 heterocycles. The van der Waals surface area contributed by atoms with E-state index in [9.17, 15) is 0 Å². The molecule has 0 amide bonds. The van der Waals surface area contributed by atoms with Crippen molar-refractivity contribution in [1.82, 2.24) is 19.8 Å². The van der Waals surface area contributed by atoms with E-state index in [0.29, 0.717) is 6.54 Å². The van der Waals surface area contributed by atoms with Gasteiger partial charge in [-0.15, -0.1) is 0 Å². The van der Waals surface area contributed by atoms with Crippen LogP contribution in [0.25, 0.3) is 0 Å². The molecule has 6 nitrogen and oxygen atoms in total. The van der Waals surface area contributed by atoms with Gasteiger partial charge in [0.1, 0.15) is 17.7 Å². The van der Waals surface area contributed by atoms with Crippen molar-refractivity contribution in [2.75, 3.05) is 20.1 Å². The van der Waals surface area contributed by atoms with Crippen LogP contribution in [0.4, 0.5) is 0 Å². The molecule has 2 aromatic carbocycles. The van der Waals surface area contributed by atoms with Crippen LogP contribution in [0, 0.1) is 0 Å². The Morgan fingerprint density at radius 3 is 2.47 bits per heavy atom. The molecule has 3 aromatic rings. The van der Waals surface area contributed by atoms with Crippen molar-refractivity contribution in [1.29, 1.82) is 0 Å². The first-order chi connectivity index (χ1) is 14.8. The summed E-state index contributed by atoms with van der Waals surface area (Å²) in [6.07, 6.45) is 6.11. The van der Waals surface area contributed by atoms with E-state index < -0.39 is 0 Å². The van der Waals surface area contributed by atoms with Gasteiger partial charge in [-0.1, -0.05) is 48.5 Å². The van der Waals surface area contributed by atoms with Gasteiger partial charge in [0.25, 0.3) is 0 Å². The molecular formula is C24H29N5O. The molecular weight excluding hydrogens is 374 g/mol. The standard InChI is InChI=1S/C24H29N5O/c1-25-24(28-15-12-22(13-16-28)30-21-10-6-3-7-11-21)27-18-23-26-14-17-29(23)19-20-8-4-2-5-9-20/h2-11,14,17,22H,12-13,15-16,18-19H2,1H3,(H,25,27). The number of para-hydroxylation sites is 1. The third kappa shape index (κ3) is 5.20. The van der Waals surface area contributed by atoms with Crippen molar-refractivity contribution in [3.05, 3.63) is 84.4 Å². The first kappa shape index (κ1) is 20.0. The molecule has 0 radical (unpaired) electrons. The van der Waals surface area contributed by atoms with Gasteiger partial charge in [-0.3, -0.25) is 4.99 Å². The lowest BCUT2D eigenvalue weighted by Gasteiger charge is -2.34. The largest absolute Gasteiger partial charge is 0.490 e. The lowest BCUT2D eigenvalue weighted by molar-refractivity contribution is 0.129. The maximum absolute atomic E-state index is 6.11. The zero-order chi connectivity index (χ0) is 20.6. The number of imidazole rings is 1. The Morgan fingerprint density at radius 2 is 1.77 bits per heavy atom. The van der Waals surface area contributed by atoms with Crippen LogP contribution in [0.2, 0.25) is 0 Å². The van der Waals surface area contributed by atoms with Crippen molar-refractivity contribution < 1.29 is 4.74 Å². The zero-order valence-electron chi connectivity index (χ0n) is 17.4. The predicted octanol–water partition coefficient (Wildman–Crippen LogP) is 3.55. The fourth-order valence-corrected chi connectivity index (χ4v) is 3.80. The number of guanidine groups is 1. The Labute approximate surface area is 178 Å². The summed E-state index contributed by atoms with van der Waals surface area (Å²) < 4.78 is 8.28. The normalized spacial score (nSPS) is 15.2. The van der Waals surface area contributed by atoms with E-state index in [2.05, 4.69) is 49.0 Å². The third-order valence-corrected chi connectivity index (χ3v) is 5.40. The predicted molar refractivity (Wildman–Crippen MR) is 120 cm³/mol. The molecule has 0 unspecified atom stereocenters. The van der Waals surface area contributed by atoms with Crippen LogP contribution < -0.4 is 10.1 Å². The van der Waals surface area contributed by atoms with E-state index in [4.69, 9.17) is 4.74 Å². The number of hydrogen-bond donors (Lipinski definition) is 1. The van der Waals surface area contributed by atoms with Crippen LogP contribution in [0.1, 0.15) is 24.2 Å². The number of likely N-dealkylation sites (tertiary alicyclic amines) is 1. The lowest BCUT2D eigenvalue weighted by atomic mass is 10.1.